The van der Waals surface area contributed by atoms with Crippen LogP contribution in [0.25, 0.3) is 0 Å². The number of hydrogen-bond donors (Lipinski definition) is 1. The monoisotopic (exact) mass is 615 g/mol. The maximum Gasteiger partial charge on any atom is 0.248 e. The molecule has 1 aromatic carbocycles. The van der Waals surface area contributed by atoms with Crippen molar-refractivity contribution in [3.05, 3.63) is 61.2 Å². The first kappa shape index (κ1) is 30.5. The Bertz CT molecular complexity index is 1100. The number of fused-ring (bicyclic) bond motifs is 1. The Balaban J connectivity index is 1.84. The second kappa shape index (κ2) is 13.0. The van der Waals surface area contributed by atoms with Gasteiger partial charge in [0.1, 0.15) is 11.6 Å². The maximum atomic E-state index is 14.6. The number of nitrogens with zero attached hydrogens (tertiary/aromatic N) is 3. The summed E-state index contributed by atoms with van der Waals surface area (Å²) in [4.78, 5) is 47.9. The van der Waals surface area contributed by atoms with Gasteiger partial charge in [-0.1, -0.05) is 78.7 Å². The largest absolute Gasteiger partial charge is 0.394 e. The predicted octanol–water partition coefficient (Wildman–Crippen LogP) is 3.71. The number of ether oxygens (including phenoxy) is 1. The Kier molecular flexibility index (Phi) is 9.90. The van der Waals surface area contributed by atoms with Crippen molar-refractivity contribution in [1.29, 1.82) is 0 Å². The molecule has 1 aromatic rings. The summed E-state index contributed by atoms with van der Waals surface area (Å²) in [6, 6.07) is 7.52. The topological polar surface area (TPSA) is 90.4 Å². The summed E-state index contributed by atoms with van der Waals surface area (Å²) in [6.45, 7) is 13.1. The van der Waals surface area contributed by atoms with Crippen LogP contribution in [0, 0.1) is 11.8 Å². The first-order valence-electron chi connectivity index (χ1n) is 14.4. The smallest absolute Gasteiger partial charge is 0.248 e. The van der Waals surface area contributed by atoms with Crippen LogP contribution in [0.4, 0.5) is 0 Å². The number of amides is 3. The molecule has 218 valence electrons. The zero-order valence-electron chi connectivity index (χ0n) is 23.6. The summed E-state index contributed by atoms with van der Waals surface area (Å²) in [5.41, 5.74) is -0.462. The van der Waals surface area contributed by atoms with E-state index in [0.717, 1.165) is 24.8 Å². The van der Waals surface area contributed by atoms with Gasteiger partial charge < -0.3 is 24.5 Å². The Hall–Kier alpha value is -2.49. The van der Waals surface area contributed by atoms with Gasteiger partial charge in [0.2, 0.25) is 17.7 Å². The standard InChI is InChI=1S/C31H42BrN3O5/c1-5-9-18-34(17-8-4)30(39)27-31-19-22(32)26(40-31)24(28(37)33(15-6-2)16-7-3)25(31)29(38)35(27)23(20-36)21-13-11-10-12-14-21/h6,8,10-14,22-27,36H,2,4-5,7,9,15-20H2,1,3H3/t22?,23-,24+,25+,26+,27?,31?/m1/s1. The molecule has 0 aromatic heterocycles. The highest BCUT2D eigenvalue weighted by Crippen LogP contribution is 2.61. The maximum absolute atomic E-state index is 14.6. The second-order valence-electron chi connectivity index (χ2n) is 11.0. The highest BCUT2D eigenvalue weighted by Gasteiger charge is 2.77. The first-order valence-corrected chi connectivity index (χ1v) is 15.3. The van der Waals surface area contributed by atoms with E-state index in [-0.39, 0.29) is 29.2 Å². The zero-order valence-corrected chi connectivity index (χ0v) is 25.2. The summed E-state index contributed by atoms with van der Waals surface area (Å²) in [5.74, 6) is -2.27. The van der Waals surface area contributed by atoms with E-state index in [4.69, 9.17) is 4.74 Å². The SMILES string of the molecule is C=CCN(CCCC)C(=O)C1N([C@H](CO)c2ccccc2)C(=O)[C@@H]2[C@H](C(=O)N(CC=C)CCC)[C@H]3OC12CC3Br. The van der Waals surface area contributed by atoms with Crippen LogP contribution >= 0.6 is 15.9 Å². The highest BCUT2D eigenvalue weighted by atomic mass is 79.9. The number of carbonyl (C=O) groups is 3. The zero-order chi connectivity index (χ0) is 29.0. The molecular formula is C31H42BrN3O5. The van der Waals surface area contributed by atoms with Crippen molar-refractivity contribution in [2.45, 2.75) is 68.1 Å². The number of unbranched alkanes of at least 4 members (excludes halogenated alkanes) is 1. The normalized spacial score (nSPS) is 29.2. The molecule has 1 spiro atoms. The average Bonchev–Trinajstić information content (AvgIpc) is 3.55. The molecule has 40 heavy (non-hydrogen) atoms. The molecule has 3 saturated heterocycles. The molecule has 3 aliphatic rings. The van der Waals surface area contributed by atoms with Gasteiger partial charge >= 0.3 is 0 Å². The van der Waals surface area contributed by atoms with Crippen molar-refractivity contribution in [3.63, 3.8) is 0 Å². The number of benzene rings is 1. The summed E-state index contributed by atoms with van der Waals surface area (Å²) in [7, 11) is 0. The molecule has 1 N–H and O–H groups in total. The molecule has 2 bridgehead atoms. The molecule has 9 heteroatoms. The third-order valence-corrected chi connectivity index (χ3v) is 9.38. The van der Waals surface area contributed by atoms with E-state index in [1.165, 1.54) is 4.90 Å². The first-order chi connectivity index (χ1) is 19.3. The summed E-state index contributed by atoms with van der Waals surface area (Å²) in [6.07, 6.45) is 5.74. The number of carbonyl (C=O) groups excluding carboxylic acids is 3. The van der Waals surface area contributed by atoms with E-state index in [1.807, 2.05) is 37.3 Å². The number of alkyl halides is 1. The fourth-order valence-corrected chi connectivity index (χ4v) is 7.83. The molecule has 3 fully saturated rings. The number of aliphatic hydroxyl groups excluding tert-OH is 1. The van der Waals surface area contributed by atoms with Gasteiger partial charge in [0.25, 0.3) is 0 Å². The quantitative estimate of drug-likeness (QED) is 0.255. The lowest BCUT2D eigenvalue weighted by Gasteiger charge is -2.39. The summed E-state index contributed by atoms with van der Waals surface area (Å²) >= 11 is 3.75. The second-order valence-corrected chi connectivity index (χ2v) is 12.2. The van der Waals surface area contributed by atoms with Crippen LogP contribution < -0.4 is 0 Å². The molecule has 3 heterocycles. The van der Waals surface area contributed by atoms with Crippen molar-refractivity contribution in [2.24, 2.45) is 11.8 Å². The van der Waals surface area contributed by atoms with Crippen LogP contribution in [0.5, 0.6) is 0 Å². The van der Waals surface area contributed by atoms with E-state index >= 15 is 0 Å². The van der Waals surface area contributed by atoms with Crippen LogP contribution in [0.3, 0.4) is 0 Å². The molecule has 3 unspecified atom stereocenters. The molecule has 3 amide bonds. The van der Waals surface area contributed by atoms with Gasteiger partial charge in [-0.25, -0.2) is 0 Å². The van der Waals surface area contributed by atoms with Crippen molar-refractivity contribution in [1.82, 2.24) is 14.7 Å². The van der Waals surface area contributed by atoms with Crippen molar-refractivity contribution in [2.75, 3.05) is 32.8 Å². The molecule has 3 aliphatic heterocycles. The number of hydrogen-bond acceptors (Lipinski definition) is 5. The van der Waals surface area contributed by atoms with Gasteiger partial charge in [0, 0.05) is 31.0 Å². The van der Waals surface area contributed by atoms with Crippen molar-refractivity contribution < 1.29 is 24.2 Å². The van der Waals surface area contributed by atoms with Crippen LogP contribution in [-0.2, 0) is 19.1 Å². The number of aliphatic hydroxyl groups is 1. The number of rotatable bonds is 14. The molecular weight excluding hydrogens is 574 g/mol. The van der Waals surface area contributed by atoms with Crippen molar-refractivity contribution in [3.8, 4) is 0 Å². The molecule has 0 radical (unpaired) electrons. The lowest BCUT2D eigenvalue weighted by Crippen LogP contribution is -2.57. The Morgan fingerprint density at radius 1 is 1.12 bits per heavy atom. The van der Waals surface area contributed by atoms with Crippen LogP contribution in [0.2, 0.25) is 0 Å². The van der Waals surface area contributed by atoms with Gasteiger partial charge in [-0.05, 0) is 24.8 Å². The lowest BCUT2D eigenvalue weighted by molar-refractivity contribution is -0.152. The lowest BCUT2D eigenvalue weighted by atomic mass is 9.70. The van der Waals surface area contributed by atoms with Gasteiger partial charge in [-0.15, -0.1) is 13.2 Å². The third-order valence-electron chi connectivity index (χ3n) is 8.54. The van der Waals surface area contributed by atoms with Crippen LogP contribution in [0.15, 0.2) is 55.6 Å². The minimum absolute atomic E-state index is 0.154. The van der Waals surface area contributed by atoms with Gasteiger partial charge in [0.15, 0.2) is 0 Å². The van der Waals surface area contributed by atoms with E-state index in [9.17, 15) is 19.5 Å². The predicted molar refractivity (Wildman–Crippen MR) is 158 cm³/mol. The third kappa shape index (κ3) is 5.16. The van der Waals surface area contributed by atoms with Gasteiger partial charge in [-0.2, -0.15) is 0 Å². The highest BCUT2D eigenvalue weighted by molar-refractivity contribution is 9.09. The Morgan fingerprint density at radius 3 is 2.35 bits per heavy atom. The Labute approximate surface area is 246 Å². The summed E-state index contributed by atoms with van der Waals surface area (Å²) in [5, 5.41) is 10.7. The average molecular weight is 617 g/mol. The molecule has 8 nitrogen and oxygen atoms in total. The van der Waals surface area contributed by atoms with E-state index in [0.29, 0.717) is 32.6 Å². The minimum atomic E-state index is -1.19. The van der Waals surface area contributed by atoms with E-state index in [1.54, 1.807) is 22.0 Å². The van der Waals surface area contributed by atoms with Crippen LogP contribution in [0.1, 0.15) is 51.1 Å². The number of halogens is 1. The minimum Gasteiger partial charge on any atom is -0.394 e. The van der Waals surface area contributed by atoms with E-state index in [2.05, 4.69) is 36.0 Å². The fourth-order valence-electron chi connectivity index (χ4n) is 6.89. The molecule has 7 atom stereocenters. The van der Waals surface area contributed by atoms with E-state index < -0.39 is 35.6 Å². The Morgan fingerprint density at radius 2 is 1.77 bits per heavy atom. The molecule has 0 saturated carbocycles. The van der Waals surface area contributed by atoms with Crippen LogP contribution in [-0.4, -0.2) is 92.9 Å². The van der Waals surface area contributed by atoms with Gasteiger partial charge in [-0.3, -0.25) is 14.4 Å². The van der Waals surface area contributed by atoms with Crippen molar-refractivity contribution >= 4 is 33.7 Å². The van der Waals surface area contributed by atoms with Gasteiger partial charge in [0.05, 0.1) is 30.6 Å². The number of likely N-dealkylation sites (tertiary alicyclic amines) is 1. The summed E-state index contributed by atoms with van der Waals surface area (Å²) < 4.78 is 6.70. The molecule has 4 rings (SSSR count). The molecule has 0 aliphatic carbocycles. The fraction of sp³-hybridized carbons (Fsp3) is 0.581.